The van der Waals surface area contributed by atoms with Gasteiger partial charge >= 0.3 is 5.97 Å². The molecule has 0 saturated heterocycles. The van der Waals surface area contributed by atoms with E-state index in [1.165, 1.54) is 0 Å². The summed E-state index contributed by atoms with van der Waals surface area (Å²) in [7, 11) is -6.10. The molecule has 0 saturated carbocycles. The van der Waals surface area contributed by atoms with Crippen LogP contribution in [-0.4, -0.2) is 55.8 Å². The van der Waals surface area contributed by atoms with Crippen LogP contribution in [0.25, 0.3) is 0 Å². The highest BCUT2D eigenvalue weighted by Crippen LogP contribution is 2.41. The fourth-order valence-electron chi connectivity index (χ4n) is 2.80. The summed E-state index contributed by atoms with van der Waals surface area (Å²) in [4.78, 5) is 13.2. The Morgan fingerprint density at radius 1 is 0.784 bits per heavy atom. The summed E-state index contributed by atoms with van der Waals surface area (Å²) in [5.41, 5.74) is 0. The average Bonchev–Trinajstić information content (AvgIpc) is 2.63. The van der Waals surface area contributed by atoms with Gasteiger partial charge in [0.15, 0.2) is 25.0 Å². The molecule has 0 amide bonds. The third kappa shape index (κ3) is 12.3. The molecule has 0 radical (unpaired) electrons. The smallest absolute Gasteiger partial charge is 0.308 e. The van der Waals surface area contributed by atoms with Gasteiger partial charge in [0.05, 0.1) is 18.6 Å². The topological polar surface area (TPSA) is 54.0 Å². The molecule has 0 aromatic carbocycles. The van der Waals surface area contributed by atoms with Crippen LogP contribution in [0.2, 0.25) is 54.4 Å². The van der Waals surface area contributed by atoms with Gasteiger partial charge in [0.2, 0.25) is 0 Å². The minimum atomic E-state index is -2.17. The van der Waals surface area contributed by atoms with Crippen LogP contribution in [0, 0.1) is 0 Å². The van der Waals surface area contributed by atoms with E-state index in [1.807, 2.05) is 17.1 Å². The number of ether oxygens (including phenoxy) is 1. The fourth-order valence-corrected chi connectivity index (χ4v) is 6.86. The van der Waals surface area contributed by atoms with Crippen molar-refractivity contribution < 1.29 is 22.8 Å². The van der Waals surface area contributed by atoms with Crippen LogP contribution >= 0.6 is 22.6 Å². The number of hydrogen-bond acceptors (Lipinski definition) is 5. The number of halogens is 1. The largest absolute Gasteiger partial charge is 0.462 e. The van der Waals surface area contributed by atoms with E-state index >= 15 is 0 Å². The molecule has 5 nitrogen and oxygen atoms in total. The molecule has 37 heavy (non-hydrogen) atoms. The zero-order chi connectivity index (χ0) is 29.7. The SMILES string of the molecule is C[C@@H](CCO[Si](C)(C)C(C)(C)C)OC(=O)C[C@H](O[Si](C)(C)C(C)(C)C)[C@H](/C=C/I)O[Si](C)(C)C(C)(C)C. The molecule has 0 fully saturated rings. The molecule has 0 aromatic heterocycles. The minimum absolute atomic E-state index is 0.0130. The van der Waals surface area contributed by atoms with Gasteiger partial charge in [-0.3, -0.25) is 4.79 Å². The van der Waals surface area contributed by atoms with Gasteiger partial charge in [0, 0.05) is 13.0 Å². The first-order valence-corrected chi connectivity index (χ1v) is 23.7. The Balaban J connectivity index is 5.68. The zero-order valence-corrected chi connectivity index (χ0v) is 32.1. The highest BCUT2D eigenvalue weighted by Gasteiger charge is 2.45. The van der Waals surface area contributed by atoms with Gasteiger partial charge in [-0.25, -0.2) is 0 Å². The van der Waals surface area contributed by atoms with Gasteiger partial charge in [-0.1, -0.05) is 84.9 Å². The third-order valence-corrected chi connectivity index (χ3v) is 22.5. The molecule has 0 N–H and O–H groups in total. The first-order valence-electron chi connectivity index (χ1n) is 13.7. The van der Waals surface area contributed by atoms with Gasteiger partial charge in [0.25, 0.3) is 0 Å². The molecular formula is C28H59IO5Si3. The van der Waals surface area contributed by atoms with E-state index in [1.54, 1.807) is 0 Å². The predicted octanol–water partition coefficient (Wildman–Crippen LogP) is 9.45. The highest BCUT2D eigenvalue weighted by molar-refractivity contribution is 14.1. The first-order chi connectivity index (χ1) is 16.3. The molecule has 0 spiro atoms. The quantitative estimate of drug-likeness (QED) is 0.110. The highest BCUT2D eigenvalue weighted by atomic mass is 127. The van der Waals surface area contributed by atoms with Crippen LogP contribution in [-0.2, 0) is 22.8 Å². The maximum absolute atomic E-state index is 13.2. The zero-order valence-electron chi connectivity index (χ0n) is 26.9. The average molecular weight is 687 g/mol. The number of esters is 1. The van der Waals surface area contributed by atoms with Crippen LogP contribution in [0.3, 0.4) is 0 Å². The van der Waals surface area contributed by atoms with Crippen molar-refractivity contribution in [2.24, 2.45) is 0 Å². The van der Waals surface area contributed by atoms with Crippen molar-refractivity contribution in [3.63, 3.8) is 0 Å². The maximum atomic E-state index is 13.2. The van der Waals surface area contributed by atoms with Crippen LogP contribution in [0.4, 0.5) is 0 Å². The number of carbonyl (C=O) groups excluding carboxylic acids is 1. The molecular weight excluding hydrogens is 627 g/mol. The van der Waals surface area contributed by atoms with Crippen molar-refractivity contribution in [3.8, 4) is 0 Å². The molecule has 9 heteroatoms. The lowest BCUT2D eigenvalue weighted by atomic mass is 10.1. The van der Waals surface area contributed by atoms with Crippen LogP contribution in [0.1, 0.15) is 82.1 Å². The maximum Gasteiger partial charge on any atom is 0.308 e. The van der Waals surface area contributed by atoms with Crippen molar-refractivity contribution >= 4 is 53.5 Å². The fraction of sp³-hybridized carbons (Fsp3) is 0.893. The van der Waals surface area contributed by atoms with Crippen LogP contribution in [0.15, 0.2) is 10.2 Å². The van der Waals surface area contributed by atoms with Crippen molar-refractivity contribution in [2.75, 3.05) is 6.61 Å². The Bertz CT molecular complexity index is 746. The summed E-state index contributed by atoms with van der Waals surface area (Å²) in [6, 6.07) is 0. The molecule has 220 valence electrons. The van der Waals surface area contributed by atoms with Gasteiger partial charge in [-0.2, -0.15) is 0 Å². The monoisotopic (exact) mass is 686 g/mol. The predicted molar refractivity (Wildman–Crippen MR) is 175 cm³/mol. The lowest BCUT2D eigenvalue weighted by Crippen LogP contribution is -2.52. The summed E-state index contributed by atoms with van der Waals surface area (Å²) in [5, 5.41) is 0.219. The molecule has 0 heterocycles. The van der Waals surface area contributed by atoms with E-state index in [-0.39, 0.29) is 39.7 Å². The van der Waals surface area contributed by atoms with Gasteiger partial charge < -0.3 is 18.0 Å². The van der Waals surface area contributed by atoms with Crippen molar-refractivity contribution in [3.05, 3.63) is 10.2 Å². The van der Waals surface area contributed by atoms with Crippen molar-refractivity contribution in [1.82, 2.24) is 0 Å². The van der Waals surface area contributed by atoms with Crippen LogP contribution < -0.4 is 0 Å². The van der Waals surface area contributed by atoms with Gasteiger partial charge in [-0.15, -0.1) is 0 Å². The van der Waals surface area contributed by atoms with Crippen molar-refractivity contribution in [2.45, 2.75) is 155 Å². The molecule has 0 aliphatic rings. The van der Waals surface area contributed by atoms with E-state index in [0.29, 0.717) is 13.0 Å². The molecule has 0 aromatic rings. The Kier molecular flexibility index (Phi) is 14.1. The van der Waals surface area contributed by atoms with Gasteiger partial charge in [0.1, 0.15) is 6.10 Å². The lowest BCUT2D eigenvalue weighted by molar-refractivity contribution is -0.151. The van der Waals surface area contributed by atoms with E-state index in [4.69, 9.17) is 18.0 Å². The minimum Gasteiger partial charge on any atom is -0.462 e. The second kappa shape index (κ2) is 13.9. The summed E-state index contributed by atoms with van der Waals surface area (Å²) in [6.07, 6.45) is 1.97. The summed E-state index contributed by atoms with van der Waals surface area (Å²) < 4.78 is 27.8. The number of carbonyl (C=O) groups is 1. The molecule has 0 rings (SSSR count). The van der Waals surface area contributed by atoms with E-state index in [2.05, 4.69) is 124 Å². The molecule has 0 aliphatic heterocycles. The Labute approximate surface area is 246 Å². The Morgan fingerprint density at radius 3 is 1.62 bits per heavy atom. The first kappa shape index (κ1) is 37.5. The van der Waals surface area contributed by atoms with E-state index in [9.17, 15) is 4.79 Å². The third-order valence-electron chi connectivity index (χ3n) is 8.61. The molecule has 0 unspecified atom stereocenters. The summed E-state index contributed by atoms with van der Waals surface area (Å²) in [5.74, 6) is -0.241. The summed E-state index contributed by atoms with van der Waals surface area (Å²) in [6.45, 7) is 36.0. The van der Waals surface area contributed by atoms with Crippen molar-refractivity contribution in [1.29, 1.82) is 0 Å². The van der Waals surface area contributed by atoms with Gasteiger partial charge in [-0.05, 0) is 71.5 Å². The standard InChI is InChI=1S/C28H59IO5Si3/c1-22(18-20-31-35(11,12)26(2,3)4)32-25(30)21-24(34-37(15,16)28(8,9)10)23(17-19-29)33-36(13,14)27(5,6)7/h17,19,22-24H,18,20-21H2,1-16H3/b19-17+/t22-,23-,24-/m0/s1. The van der Waals surface area contributed by atoms with E-state index < -0.39 is 31.1 Å². The summed E-state index contributed by atoms with van der Waals surface area (Å²) >= 11 is 2.23. The second-order valence-electron chi connectivity index (χ2n) is 15.0. The Morgan fingerprint density at radius 2 is 1.22 bits per heavy atom. The Hall–Kier alpha value is 0.471. The molecule has 0 bridgehead atoms. The lowest BCUT2D eigenvalue weighted by Gasteiger charge is -2.44. The normalized spacial score (nSPS) is 17.1. The second-order valence-corrected chi connectivity index (χ2v) is 30.0. The molecule has 3 atom stereocenters. The number of hydrogen-bond donors (Lipinski definition) is 0. The van der Waals surface area contributed by atoms with E-state index in [0.717, 1.165) is 0 Å². The van der Waals surface area contributed by atoms with Crippen LogP contribution in [0.5, 0.6) is 0 Å². The number of rotatable bonds is 13. The molecule has 0 aliphatic carbocycles.